The lowest BCUT2D eigenvalue weighted by Crippen LogP contribution is -2.00. The largest absolute Gasteiger partial charge is 0.388 e. The highest BCUT2D eigenvalue weighted by Gasteiger charge is 2.09. The maximum atomic E-state index is 10.0. The zero-order valence-corrected chi connectivity index (χ0v) is 10.1. The number of hydrogen-bond donors (Lipinski definition) is 1. The Bertz CT molecular complexity index is 304. The van der Waals surface area contributed by atoms with Gasteiger partial charge in [-0.1, -0.05) is 49.9 Å². The van der Waals surface area contributed by atoms with Gasteiger partial charge in [0, 0.05) is 0 Å². The number of hydrogen-bond acceptors (Lipinski definition) is 1. The van der Waals surface area contributed by atoms with Crippen LogP contribution in [-0.2, 0) is 0 Å². The van der Waals surface area contributed by atoms with Crippen LogP contribution in [0.4, 0.5) is 0 Å². The summed E-state index contributed by atoms with van der Waals surface area (Å²) < 4.78 is 0. The molecule has 0 spiro atoms. The lowest BCUT2D eigenvalue weighted by Gasteiger charge is -2.13. The average molecular weight is 206 g/mol. The Morgan fingerprint density at radius 3 is 2.53 bits per heavy atom. The molecule has 0 amide bonds. The van der Waals surface area contributed by atoms with Gasteiger partial charge in [0.1, 0.15) is 0 Å². The first-order chi connectivity index (χ1) is 7.15. The van der Waals surface area contributed by atoms with E-state index < -0.39 is 0 Å². The number of unbranched alkanes of at least 4 members (excludes halogenated alkanes) is 2. The summed E-state index contributed by atoms with van der Waals surface area (Å²) in [5, 5.41) is 10.0. The van der Waals surface area contributed by atoms with Crippen molar-refractivity contribution >= 4 is 0 Å². The molecule has 1 aromatic rings. The molecule has 0 unspecified atom stereocenters. The van der Waals surface area contributed by atoms with Crippen molar-refractivity contribution in [2.75, 3.05) is 0 Å². The first-order valence-corrected chi connectivity index (χ1v) is 5.90. The summed E-state index contributed by atoms with van der Waals surface area (Å²) in [6.07, 6.45) is 4.14. The van der Waals surface area contributed by atoms with E-state index in [1.165, 1.54) is 24.0 Å². The second-order valence-electron chi connectivity index (χ2n) is 4.37. The molecule has 0 aliphatic heterocycles. The molecule has 1 heteroatoms. The van der Waals surface area contributed by atoms with E-state index in [4.69, 9.17) is 0 Å². The predicted molar refractivity (Wildman–Crippen MR) is 65.0 cm³/mol. The van der Waals surface area contributed by atoms with E-state index in [1.807, 2.05) is 0 Å². The third-order valence-electron chi connectivity index (χ3n) is 2.87. The molecule has 0 bridgehead atoms. The van der Waals surface area contributed by atoms with Gasteiger partial charge in [-0.2, -0.15) is 0 Å². The summed E-state index contributed by atoms with van der Waals surface area (Å²) in [7, 11) is 0. The summed E-state index contributed by atoms with van der Waals surface area (Å²) in [6.45, 7) is 6.34. The number of rotatable bonds is 5. The van der Waals surface area contributed by atoms with E-state index in [0.29, 0.717) is 0 Å². The molecule has 0 saturated heterocycles. The first kappa shape index (κ1) is 12.3. The van der Waals surface area contributed by atoms with Gasteiger partial charge in [0.2, 0.25) is 0 Å². The van der Waals surface area contributed by atoms with Crippen molar-refractivity contribution in [3.05, 3.63) is 34.9 Å². The van der Waals surface area contributed by atoms with Gasteiger partial charge in [-0.05, 0) is 31.4 Å². The second-order valence-corrected chi connectivity index (χ2v) is 4.37. The Labute approximate surface area is 93.1 Å². The Balaban J connectivity index is 2.61. The van der Waals surface area contributed by atoms with Crippen molar-refractivity contribution in [2.45, 2.75) is 52.6 Å². The van der Waals surface area contributed by atoms with Crippen molar-refractivity contribution < 1.29 is 5.11 Å². The summed E-state index contributed by atoms with van der Waals surface area (Å²) in [5.74, 6) is 0. The minimum Gasteiger partial charge on any atom is -0.388 e. The molecule has 0 aromatic heterocycles. The van der Waals surface area contributed by atoms with Crippen LogP contribution in [0.5, 0.6) is 0 Å². The van der Waals surface area contributed by atoms with Crippen molar-refractivity contribution in [3.63, 3.8) is 0 Å². The van der Waals surface area contributed by atoms with E-state index in [2.05, 4.69) is 39.0 Å². The smallest absolute Gasteiger partial charge is 0.0792 e. The minimum atomic E-state index is -0.280. The van der Waals surface area contributed by atoms with Gasteiger partial charge in [0.15, 0.2) is 0 Å². The number of aliphatic hydroxyl groups excluding tert-OH is 1. The summed E-state index contributed by atoms with van der Waals surface area (Å²) >= 11 is 0. The molecule has 1 rings (SSSR count). The topological polar surface area (TPSA) is 20.2 Å². The van der Waals surface area contributed by atoms with Crippen LogP contribution in [0.2, 0.25) is 0 Å². The Hall–Kier alpha value is -0.820. The molecular weight excluding hydrogens is 184 g/mol. The van der Waals surface area contributed by atoms with Gasteiger partial charge in [-0.25, -0.2) is 0 Å². The monoisotopic (exact) mass is 206 g/mol. The van der Waals surface area contributed by atoms with Gasteiger partial charge >= 0.3 is 0 Å². The van der Waals surface area contributed by atoms with E-state index in [9.17, 15) is 5.11 Å². The molecule has 1 atom stereocenters. The van der Waals surface area contributed by atoms with E-state index in [1.54, 1.807) is 0 Å². The zero-order chi connectivity index (χ0) is 11.3. The number of aryl methyl sites for hydroxylation is 2. The fourth-order valence-corrected chi connectivity index (χ4v) is 1.94. The average Bonchev–Trinajstić information content (AvgIpc) is 2.17. The molecule has 0 fully saturated rings. The SMILES string of the molecule is CCCCC[C@@H](O)c1ccc(C)cc1C. The molecule has 84 valence electrons. The number of aliphatic hydroxyl groups is 1. The number of benzene rings is 1. The molecule has 1 aromatic carbocycles. The van der Waals surface area contributed by atoms with E-state index in [-0.39, 0.29) is 6.10 Å². The highest BCUT2D eigenvalue weighted by atomic mass is 16.3. The highest BCUT2D eigenvalue weighted by Crippen LogP contribution is 2.23. The molecule has 1 nitrogen and oxygen atoms in total. The third-order valence-corrected chi connectivity index (χ3v) is 2.87. The Morgan fingerprint density at radius 2 is 1.93 bits per heavy atom. The molecule has 0 aliphatic carbocycles. The quantitative estimate of drug-likeness (QED) is 0.724. The standard InChI is InChI=1S/C14H22O/c1-4-5-6-7-14(15)13-9-8-11(2)10-12(13)3/h8-10,14-15H,4-7H2,1-3H3/t14-/m1/s1. The normalized spacial score (nSPS) is 12.8. The lowest BCUT2D eigenvalue weighted by molar-refractivity contribution is 0.163. The van der Waals surface area contributed by atoms with E-state index >= 15 is 0 Å². The summed E-state index contributed by atoms with van der Waals surface area (Å²) in [5.41, 5.74) is 3.56. The van der Waals surface area contributed by atoms with Crippen LogP contribution in [0, 0.1) is 13.8 Å². The van der Waals surface area contributed by atoms with Crippen LogP contribution in [0.1, 0.15) is 55.4 Å². The maximum absolute atomic E-state index is 10.0. The van der Waals surface area contributed by atoms with Crippen LogP contribution < -0.4 is 0 Å². The Kier molecular flexibility index (Phi) is 4.83. The van der Waals surface area contributed by atoms with Crippen LogP contribution in [0.3, 0.4) is 0 Å². The molecule has 0 radical (unpaired) electrons. The Morgan fingerprint density at radius 1 is 1.20 bits per heavy atom. The van der Waals surface area contributed by atoms with E-state index in [0.717, 1.165) is 18.4 Å². The van der Waals surface area contributed by atoms with Gasteiger partial charge in [-0.3, -0.25) is 0 Å². The van der Waals surface area contributed by atoms with Crippen LogP contribution >= 0.6 is 0 Å². The van der Waals surface area contributed by atoms with Crippen molar-refractivity contribution in [1.82, 2.24) is 0 Å². The highest BCUT2D eigenvalue weighted by molar-refractivity contribution is 5.31. The minimum absolute atomic E-state index is 0.280. The predicted octanol–water partition coefficient (Wildman–Crippen LogP) is 3.92. The molecule has 15 heavy (non-hydrogen) atoms. The third kappa shape index (κ3) is 3.67. The van der Waals surface area contributed by atoms with Crippen LogP contribution in [-0.4, -0.2) is 5.11 Å². The van der Waals surface area contributed by atoms with Gasteiger partial charge in [0.05, 0.1) is 6.10 Å². The van der Waals surface area contributed by atoms with Crippen molar-refractivity contribution in [3.8, 4) is 0 Å². The van der Waals surface area contributed by atoms with Crippen molar-refractivity contribution in [1.29, 1.82) is 0 Å². The first-order valence-electron chi connectivity index (χ1n) is 5.90. The van der Waals surface area contributed by atoms with Crippen molar-refractivity contribution in [2.24, 2.45) is 0 Å². The molecule has 1 N–H and O–H groups in total. The van der Waals surface area contributed by atoms with Gasteiger partial charge in [0.25, 0.3) is 0 Å². The fraction of sp³-hybridized carbons (Fsp3) is 0.571. The molecular formula is C14H22O. The van der Waals surface area contributed by atoms with Gasteiger partial charge in [-0.15, -0.1) is 0 Å². The lowest BCUT2D eigenvalue weighted by atomic mass is 9.97. The molecule has 0 heterocycles. The molecule has 0 saturated carbocycles. The maximum Gasteiger partial charge on any atom is 0.0792 e. The zero-order valence-electron chi connectivity index (χ0n) is 10.1. The fourth-order valence-electron chi connectivity index (χ4n) is 1.94. The van der Waals surface area contributed by atoms with Crippen LogP contribution in [0.15, 0.2) is 18.2 Å². The summed E-state index contributed by atoms with van der Waals surface area (Å²) in [4.78, 5) is 0. The second kappa shape index (κ2) is 5.92. The van der Waals surface area contributed by atoms with Crippen LogP contribution in [0.25, 0.3) is 0 Å². The van der Waals surface area contributed by atoms with Gasteiger partial charge < -0.3 is 5.11 Å². The summed E-state index contributed by atoms with van der Waals surface area (Å²) in [6, 6.07) is 6.27. The molecule has 0 aliphatic rings.